The summed E-state index contributed by atoms with van der Waals surface area (Å²) in [6, 6.07) is 39.2. The molecule has 0 fully saturated rings. The predicted octanol–water partition coefficient (Wildman–Crippen LogP) is 7.19. The summed E-state index contributed by atoms with van der Waals surface area (Å²) in [5.74, 6) is -2.20. The third-order valence-electron chi connectivity index (χ3n) is 6.98. The number of hydrogen-bond acceptors (Lipinski definition) is 2. The fraction of sp³-hybridized carbons (Fsp3) is 0.0312. The van der Waals surface area contributed by atoms with Crippen LogP contribution >= 0.6 is 7.49 Å². The Labute approximate surface area is 217 Å². The van der Waals surface area contributed by atoms with Gasteiger partial charge in [0.05, 0.1) is 0 Å². The Balaban J connectivity index is 1.85. The summed E-state index contributed by atoms with van der Waals surface area (Å²) in [5, 5.41) is 6.55. The molecule has 6 aromatic carbocycles. The molecular formula is C32H22F3O2P. The minimum absolute atomic E-state index is 0.584. The van der Waals surface area contributed by atoms with Crippen molar-refractivity contribution in [2.75, 3.05) is 0 Å². The van der Waals surface area contributed by atoms with E-state index in [1.165, 1.54) is 0 Å². The molecule has 0 aromatic heterocycles. The van der Waals surface area contributed by atoms with Crippen molar-refractivity contribution in [1.82, 2.24) is 0 Å². The van der Waals surface area contributed by atoms with Gasteiger partial charge in [-0.2, -0.15) is 0 Å². The van der Waals surface area contributed by atoms with E-state index in [1.807, 2.05) is 127 Å². The summed E-state index contributed by atoms with van der Waals surface area (Å²) in [7, 11) is -4.16. The van der Waals surface area contributed by atoms with Crippen LogP contribution in [0.3, 0.4) is 0 Å². The van der Waals surface area contributed by atoms with Gasteiger partial charge in [-0.1, -0.05) is 0 Å². The monoisotopic (exact) mass is 526 g/mol. The van der Waals surface area contributed by atoms with E-state index in [1.54, 1.807) is 0 Å². The molecule has 0 N–H and O–H groups in total. The number of rotatable bonds is 4. The van der Waals surface area contributed by atoms with Crippen LogP contribution in [0.15, 0.2) is 127 Å². The maximum absolute atomic E-state index is 14.0. The maximum atomic E-state index is 14.0. The molecule has 0 saturated carbocycles. The number of alkyl halides is 3. The predicted molar refractivity (Wildman–Crippen MR) is 151 cm³/mol. The van der Waals surface area contributed by atoms with E-state index >= 15 is 0 Å². The summed E-state index contributed by atoms with van der Waals surface area (Å²) in [6.45, 7) is 0. The van der Waals surface area contributed by atoms with Crippen LogP contribution in [0, 0.1) is 0 Å². The van der Waals surface area contributed by atoms with Crippen LogP contribution in [-0.2, 0) is 9.32 Å². The van der Waals surface area contributed by atoms with Gasteiger partial charge in [0.15, 0.2) is 0 Å². The Morgan fingerprint density at radius 3 is 1.16 bits per heavy atom. The first-order valence-corrected chi connectivity index (χ1v) is 14.1. The molecule has 0 saturated heterocycles. The minimum atomic E-state index is -5.17. The van der Waals surface area contributed by atoms with E-state index in [2.05, 4.69) is 0 Å². The summed E-state index contributed by atoms with van der Waals surface area (Å²) in [4.78, 5) is 12.9. The van der Waals surface area contributed by atoms with E-state index in [4.69, 9.17) is 4.52 Å². The Hall–Kier alpha value is -4.21. The van der Waals surface area contributed by atoms with E-state index in [-0.39, 0.29) is 0 Å². The molecule has 0 heterocycles. The zero-order valence-electron chi connectivity index (χ0n) is 20.1. The van der Waals surface area contributed by atoms with Crippen molar-refractivity contribution in [3.8, 4) is 0 Å². The zero-order valence-corrected chi connectivity index (χ0v) is 21.1. The van der Waals surface area contributed by atoms with Gasteiger partial charge in [-0.05, 0) is 0 Å². The van der Waals surface area contributed by atoms with E-state index in [0.717, 1.165) is 32.3 Å². The molecule has 0 bridgehead atoms. The fourth-order valence-electron chi connectivity index (χ4n) is 5.39. The first kappa shape index (κ1) is 24.1. The second-order valence-electron chi connectivity index (χ2n) is 9.15. The van der Waals surface area contributed by atoms with Crippen LogP contribution < -0.4 is 15.9 Å². The number of hydrogen-bond donors (Lipinski definition) is 0. The molecule has 6 heteroatoms. The standard InChI is InChI=1S/C32H22F3O2P/c33-32(34,35)31(36)37-38(28-19-7-13-22-10-1-4-16-25(22)28,29-20-8-14-23-11-2-5-17-26(23)29)30-21-9-15-24-12-3-6-18-27(24)30/h1-21,38H. The van der Waals surface area contributed by atoms with Gasteiger partial charge in [0, 0.05) is 0 Å². The Kier molecular flexibility index (Phi) is 5.89. The summed E-state index contributed by atoms with van der Waals surface area (Å²) < 4.78 is 48.0. The van der Waals surface area contributed by atoms with Crippen LogP contribution in [-0.4, -0.2) is 12.1 Å². The molecule has 0 aliphatic rings. The second-order valence-corrected chi connectivity index (χ2v) is 12.3. The van der Waals surface area contributed by atoms with Gasteiger partial charge in [-0.25, -0.2) is 0 Å². The van der Waals surface area contributed by atoms with E-state index < -0.39 is 19.6 Å². The number of benzene rings is 6. The van der Waals surface area contributed by atoms with E-state index in [0.29, 0.717) is 15.9 Å². The van der Waals surface area contributed by atoms with Crippen LogP contribution in [0.4, 0.5) is 13.2 Å². The van der Waals surface area contributed by atoms with E-state index in [9.17, 15) is 18.0 Å². The molecule has 2 nitrogen and oxygen atoms in total. The Morgan fingerprint density at radius 1 is 0.500 bits per heavy atom. The number of fused-ring (bicyclic) bond motifs is 3. The van der Waals surface area contributed by atoms with Crippen LogP contribution in [0.25, 0.3) is 32.3 Å². The van der Waals surface area contributed by atoms with Gasteiger partial charge >= 0.3 is 218 Å². The number of carbonyl (C=O) groups is 1. The third-order valence-corrected chi connectivity index (χ3v) is 11.1. The first-order valence-electron chi connectivity index (χ1n) is 12.1. The molecule has 0 unspecified atom stereocenters. The SMILES string of the molecule is O=C(O[PH](c1cccc2ccccc12)(c1cccc2ccccc12)c1cccc2ccccc12)C(F)(F)F. The van der Waals surface area contributed by atoms with Crippen LogP contribution in [0.2, 0.25) is 0 Å². The third kappa shape index (κ3) is 3.91. The van der Waals surface area contributed by atoms with Gasteiger partial charge < -0.3 is 0 Å². The summed E-state index contributed by atoms with van der Waals surface area (Å²) in [5.41, 5.74) is 0. The molecule has 0 aliphatic heterocycles. The van der Waals surface area contributed by atoms with Crippen molar-refractivity contribution >= 4 is 61.7 Å². The first-order chi connectivity index (χ1) is 18.4. The fourth-order valence-corrected chi connectivity index (χ4v) is 9.80. The van der Waals surface area contributed by atoms with Crippen molar-refractivity contribution in [2.45, 2.75) is 6.18 Å². The van der Waals surface area contributed by atoms with Crippen molar-refractivity contribution in [3.05, 3.63) is 127 Å². The molecule has 6 aromatic rings. The van der Waals surface area contributed by atoms with Gasteiger partial charge in [0.2, 0.25) is 0 Å². The average Bonchev–Trinajstić information content (AvgIpc) is 2.94. The molecule has 0 atom stereocenters. The molecule has 0 spiro atoms. The molecule has 38 heavy (non-hydrogen) atoms. The molecule has 0 aliphatic carbocycles. The molecule has 0 radical (unpaired) electrons. The van der Waals surface area contributed by atoms with Crippen molar-refractivity contribution in [2.24, 2.45) is 0 Å². The Morgan fingerprint density at radius 2 is 0.816 bits per heavy atom. The zero-order chi connectivity index (χ0) is 26.3. The van der Waals surface area contributed by atoms with Crippen LogP contribution in [0.1, 0.15) is 0 Å². The topological polar surface area (TPSA) is 26.3 Å². The molecule has 0 amide bonds. The molecule has 6 rings (SSSR count). The van der Waals surface area contributed by atoms with Crippen molar-refractivity contribution in [1.29, 1.82) is 0 Å². The normalized spacial score (nSPS) is 12.6. The van der Waals surface area contributed by atoms with Gasteiger partial charge in [-0.15, -0.1) is 0 Å². The van der Waals surface area contributed by atoms with Gasteiger partial charge in [-0.3, -0.25) is 0 Å². The molecule has 188 valence electrons. The summed E-state index contributed by atoms with van der Waals surface area (Å²) in [6.07, 6.45) is -5.17. The van der Waals surface area contributed by atoms with Gasteiger partial charge in [0.1, 0.15) is 0 Å². The number of halogens is 3. The van der Waals surface area contributed by atoms with Crippen LogP contribution in [0.5, 0.6) is 0 Å². The van der Waals surface area contributed by atoms with Gasteiger partial charge in [0.25, 0.3) is 0 Å². The quantitative estimate of drug-likeness (QED) is 0.227. The van der Waals surface area contributed by atoms with Crippen molar-refractivity contribution < 1.29 is 22.5 Å². The molecular weight excluding hydrogens is 504 g/mol. The average molecular weight is 526 g/mol. The Bertz CT molecular complexity index is 1620. The summed E-state index contributed by atoms with van der Waals surface area (Å²) >= 11 is 0. The second kappa shape index (κ2) is 9.27. The van der Waals surface area contributed by atoms with Crippen molar-refractivity contribution in [3.63, 3.8) is 0 Å². The number of carbonyl (C=O) groups excluding carboxylic acids is 1.